The van der Waals surface area contributed by atoms with Gasteiger partial charge in [-0.15, -0.1) is 11.3 Å². The lowest BCUT2D eigenvalue weighted by Gasteiger charge is -2.35. The molecule has 3 atom stereocenters. The first-order chi connectivity index (χ1) is 30.6. The number of β-amino-alcohol motifs (C(OH)–C–C–N with tert-alkyl or cyclic N) is 1. The topological polar surface area (TPSA) is 190 Å². The number of nitrogens with zero attached hydrogens (tertiary/aromatic N) is 2. The Balaban J connectivity index is 0.978. The van der Waals surface area contributed by atoms with E-state index in [-0.39, 0.29) is 62.9 Å². The molecule has 6 N–H and O–H groups in total. The van der Waals surface area contributed by atoms with Crippen molar-refractivity contribution < 1.29 is 39.2 Å². The zero-order valence-corrected chi connectivity index (χ0v) is 37.7. The van der Waals surface area contributed by atoms with Crippen molar-refractivity contribution in [2.45, 2.75) is 85.0 Å². The van der Waals surface area contributed by atoms with Gasteiger partial charge in [-0.3, -0.25) is 19.2 Å². The number of thiazole rings is 1. The Hall–Kier alpha value is -6.51. The minimum atomic E-state index is -1.01. The van der Waals surface area contributed by atoms with Gasteiger partial charge in [-0.1, -0.05) is 88.4 Å². The van der Waals surface area contributed by atoms with Crippen LogP contribution in [0.2, 0.25) is 0 Å². The minimum Gasteiger partial charge on any atom is -0.508 e. The molecule has 6 rings (SSSR count). The van der Waals surface area contributed by atoms with Gasteiger partial charge in [0, 0.05) is 32.4 Å². The average molecular weight is 888 g/mol. The molecule has 0 spiro atoms. The minimum absolute atomic E-state index is 0.0460. The molecular formula is C50H57N5O8S. The second-order valence-corrected chi connectivity index (χ2v) is 17.8. The number of phenols is 2. The summed E-state index contributed by atoms with van der Waals surface area (Å²) in [5.74, 6) is -0.773. The predicted molar refractivity (Wildman–Crippen MR) is 248 cm³/mol. The third-order valence-corrected chi connectivity index (χ3v) is 12.1. The molecule has 1 aliphatic heterocycles. The highest BCUT2D eigenvalue weighted by atomic mass is 32.1. The maximum absolute atomic E-state index is 14.0. The van der Waals surface area contributed by atoms with Crippen LogP contribution >= 0.6 is 11.3 Å². The lowest BCUT2D eigenvalue weighted by atomic mass is 9.85. The van der Waals surface area contributed by atoms with E-state index in [1.165, 1.54) is 4.90 Å². The molecular weight excluding hydrogens is 831 g/mol. The lowest BCUT2D eigenvalue weighted by molar-refractivity contribution is -0.144. The Bertz CT molecular complexity index is 2420. The number of aliphatic hydroxyl groups is 1. The third-order valence-electron chi connectivity index (χ3n) is 11.2. The molecule has 1 aliphatic rings. The highest BCUT2D eigenvalue weighted by Gasteiger charge is 2.44. The summed E-state index contributed by atoms with van der Waals surface area (Å²) in [5.41, 5.74) is 8.79. The van der Waals surface area contributed by atoms with E-state index in [1.807, 2.05) is 79.7 Å². The molecule has 4 amide bonds. The Morgan fingerprint density at radius 1 is 0.828 bits per heavy atom. The van der Waals surface area contributed by atoms with Gasteiger partial charge in [0.15, 0.2) is 0 Å². The van der Waals surface area contributed by atoms with E-state index >= 15 is 0 Å². The first-order valence-corrected chi connectivity index (χ1v) is 22.4. The van der Waals surface area contributed by atoms with Crippen LogP contribution in [0.5, 0.6) is 17.2 Å². The highest BCUT2D eigenvalue weighted by molar-refractivity contribution is 7.13. The summed E-state index contributed by atoms with van der Waals surface area (Å²) in [6.07, 6.45) is -0.391. The number of benzene rings is 4. The first-order valence-electron chi connectivity index (χ1n) is 21.5. The summed E-state index contributed by atoms with van der Waals surface area (Å²) in [6, 6.07) is 27.6. The van der Waals surface area contributed by atoms with Crippen LogP contribution in [0.4, 0.5) is 0 Å². The number of allylic oxidation sites excluding steroid dienone is 1. The number of carbonyl (C=O) groups excluding carboxylic acids is 4. The fraction of sp³-hybridized carbons (Fsp3) is 0.340. The van der Waals surface area contributed by atoms with Crippen molar-refractivity contribution in [3.63, 3.8) is 0 Å². The van der Waals surface area contributed by atoms with E-state index in [1.54, 1.807) is 61.9 Å². The molecule has 13 nitrogen and oxygen atoms in total. The van der Waals surface area contributed by atoms with Gasteiger partial charge in [0.25, 0.3) is 0 Å². The predicted octanol–water partition coefficient (Wildman–Crippen LogP) is 6.98. The average Bonchev–Trinajstić information content (AvgIpc) is 3.90. The summed E-state index contributed by atoms with van der Waals surface area (Å²) in [5, 5.41) is 38.9. The number of aliphatic hydroxyl groups excluding tert-OH is 1. The van der Waals surface area contributed by atoms with E-state index in [9.17, 15) is 34.5 Å². The second-order valence-electron chi connectivity index (χ2n) is 17.0. The molecule has 0 aliphatic carbocycles. The van der Waals surface area contributed by atoms with Gasteiger partial charge in [-0.2, -0.15) is 0 Å². The maximum atomic E-state index is 14.0. The summed E-state index contributed by atoms with van der Waals surface area (Å²) in [4.78, 5) is 60.1. The number of phenolic OH excluding ortho intramolecular Hbond substituents is 2. The largest absolute Gasteiger partial charge is 0.508 e. The van der Waals surface area contributed by atoms with E-state index in [4.69, 9.17) is 4.74 Å². The van der Waals surface area contributed by atoms with E-state index in [0.717, 1.165) is 49.5 Å². The molecule has 0 radical (unpaired) electrons. The number of aromatic nitrogens is 1. The van der Waals surface area contributed by atoms with E-state index in [0.29, 0.717) is 12.2 Å². The fourth-order valence-electron chi connectivity index (χ4n) is 7.74. The summed E-state index contributed by atoms with van der Waals surface area (Å²) < 4.78 is 5.92. The molecule has 1 fully saturated rings. The first kappa shape index (κ1) is 47.0. The van der Waals surface area contributed by atoms with Crippen LogP contribution in [-0.4, -0.2) is 86.7 Å². The van der Waals surface area contributed by atoms with Crippen molar-refractivity contribution in [2.75, 3.05) is 19.7 Å². The standard InChI is InChI=1S/C50H57N5O8S/c1-6-41(33-11-17-37(56)18-12-33)45(34-13-19-38(57)20-14-34)35-15-21-40(22-16-35)63-26-25-51-43(59)23-24-44(60)54-47(50(3,4)5)49(62)55-29-39(58)27-42(55)48(61)52-28-32-7-9-36(10-8-32)46-31(2)53-30-64-46/h7-22,30,39,42,47,56-58H,6,23-29H2,1-5H3,(H,51,59)(H,52,61)(H,54,60)/t39-,42+,47?/m1/s1. The van der Waals surface area contributed by atoms with Crippen LogP contribution in [0.3, 0.4) is 0 Å². The van der Waals surface area contributed by atoms with Crippen molar-refractivity contribution in [3.8, 4) is 27.7 Å². The quantitative estimate of drug-likeness (QED) is 0.0423. The van der Waals surface area contributed by atoms with Crippen LogP contribution < -0.4 is 20.7 Å². The SMILES string of the molecule is CCC(=C(c1ccc(O)cc1)c1ccc(OCCNC(=O)CCC(=O)NC(C(=O)N2C[C@H](O)C[C@H]2C(=O)NCc2ccc(-c3scnc3C)cc2)C(C)(C)C)cc1)c1ccc(O)cc1. The van der Waals surface area contributed by atoms with Gasteiger partial charge in [0.2, 0.25) is 23.6 Å². The van der Waals surface area contributed by atoms with Crippen LogP contribution in [0, 0.1) is 12.3 Å². The molecule has 0 saturated carbocycles. The van der Waals surface area contributed by atoms with Gasteiger partial charge in [0.1, 0.15) is 35.9 Å². The number of rotatable bonds is 17. The van der Waals surface area contributed by atoms with Crippen molar-refractivity contribution in [3.05, 3.63) is 131 Å². The molecule has 1 saturated heterocycles. The molecule has 14 heteroatoms. The number of aromatic hydroxyl groups is 2. The van der Waals surface area contributed by atoms with Crippen molar-refractivity contribution in [1.82, 2.24) is 25.8 Å². The number of aryl methyl sites for hydroxylation is 1. The number of amides is 4. The van der Waals surface area contributed by atoms with Gasteiger partial charge < -0.3 is 40.9 Å². The molecule has 336 valence electrons. The Morgan fingerprint density at radius 3 is 2.00 bits per heavy atom. The molecule has 2 heterocycles. The van der Waals surface area contributed by atoms with Crippen LogP contribution in [0.1, 0.15) is 81.3 Å². The normalized spacial score (nSPS) is 15.8. The van der Waals surface area contributed by atoms with Crippen molar-refractivity contribution >= 4 is 46.1 Å². The molecule has 5 aromatic rings. The zero-order chi connectivity index (χ0) is 46.0. The van der Waals surface area contributed by atoms with Crippen LogP contribution in [0.15, 0.2) is 103 Å². The number of nitrogens with one attached hydrogen (secondary N) is 3. The Morgan fingerprint density at radius 2 is 1.42 bits per heavy atom. The second kappa shape index (κ2) is 21.2. The van der Waals surface area contributed by atoms with Gasteiger partial charge >= 0.3 is 0 Å². The number of ether oxygens (including phenoxy) is 1. The molecule has 64 heavy (non-hydrogen) atoms. The highest BCUT2D eigenvalue weighted by Crippen LogP contribution is 2.36. The van der Waals surface area contributed by atoms with Gasteiger partial charge in [0.05, 0.1) is 28.7 Å². The molecule has 1 aromatic heterocycles. The Kier molecular flexibility index (Phi) is 15.6. The summed E-state index contributed by atoms with van der Waals surface area (Å²) in [6.45, 7) is 10.0. The zero-order valence-electron chi connectivity index (χ0n) is 36.9. The molecule has 1 unspecified atom stereocenters. The summed E-state index contributed by atoms with van der Waals surface area (Å²) >= 11 is 1.56. The third kappa shape index (κ3) is 12.1. The molecule has 0 bridgehead atoms. The number of likely N-dealkylation sites (tertiary alicyclic amines) is 1. The lowest BCUT2D eigenvalue weighted by Crippen LogP contribution is -2.57. The Labute approximate surface area is 378 Å². The van der Waals surface area contributed by atoms with E-state index < -0.39 is 41.3 Å². The number of hydrogen-bond donors (Lipinski definition) is 6. The maximum Gasteiger partial charge on any atom is 0.246 e. The fourth-order valence-corrected chi connectivity index (χ4v) is 8.55. The molecule has 4 aromatic carbocycles. The van der Waals surface area contributed by atoms with Crippen molar-refractivity contribution in [1.29, 1.82) is 0 Å². The van der Waals surface area contributed by atoms with E-state index in [2.05, 4.69) is 27.9 Å². The number of carbonyl (C=O) groups is 4. The summed E-state index contributed by atoms with van der Waals surface area (Å²) in [7, 11) is 0. The van der Waals surface area contributed by atoms with Crippen LogP contribution in [0.25, 0.3) is 21.6 Å². The van der Waals surface area contributed by atoms with Crippen molar-refractivity contribution in [2.24, 2.45) is 5.41 Å². The number of hydrogen-bond acceptors (Lipinski definition) is 10. The van der Waals surface area contributed by atoms with Gasteiger partial charge in [-0.05, 0) is 94.1 Å². The van der Waals surface area contributed by atoms with Crippen LogP contribution in [-0.2, 0) is 25.7 Å². The monoisotopic (exact) mass is 887 g/mol. The smallest absolute Gasteiger partial charge is 0.246 e. The van der Waals surface area contributed by atoms with Gasteiger partial charge in [-0.25, -0.2) is 4.98 Å².